The van der Waals surface area contributed by atoms with Crippen LogP contribution in [0, 0.1) is 5.82 Å². The molecule has 0 saturated heterocycles. The van der Waals surface area contributed by atoms with E-state index in [0.29, 0.717) is 23.3 Å². The van der Waals surface area contributed by atoms with Crippen molar-refractivity contribution in [2.75, 3.05) is 6.61 Å². The van der Waals surface area contributed by atoms with Gasteiger partial charge in [0.1, 0.15) is 18.2 Å². The number of amides is 1. The standard InChI is InChI=1S/C19H16FNO3/c20-14-5-6-17-12(8-14)7-13(10-24-17)19(23)21-18-15-4-2-1-3-11(15)9-16(18)22/h1-8,16,18,22H,9-10H2,(H,21,23)/t16-,18+/m0/s1. The molecule has 1 heterocycles. The first-order valence-corrected chi connectivity index (χ1v) is 7.81. The normalized spacial score (nSPS) is 21.3. The van der Waals surface area contributed by atoms with Crippen molar-refractivity contribution in [3.8, 4) is 5.75 Å². The van der Waals surface area contributed by atoms with Gasteiger partial charge in [-0.05, 0) is 35.4 Å². The van der Waals surface area contributed by atoms with Crippen LogP contribution in [0.2, 0.25) is 0 Å². The monoisotopic (exact) mass is 325 g/mol. The Morgan fingerprint density at radius 3 is 2.96 bits per heavy atom. The van der Waals surface area contributed by atoms with E-state index in [1.165, 1.54) is 12.1 Å². The number of aliphatic hydroxyl groups is 1. The van der Waals surface area contributed by atoms with Crippen molar-refractivity contribution in [3.63, 3.8) is 0 Å². The largest absolute Gasteiger partial charge is 0.488 e. The van der Waals surface area contributed by atoms with Crippen LogP contribution in [-0.4, -0.2) is 23.7 Å². The molecule has 4 nitrogen and oxygen atoms in total. The molecule has 2 aromatic carbocycles. The minimum absolute atomic E-state index is 0.120. The van der Waals surface area contributed by atoms with Gasteiger partial charge < -0.3 is 15.2 Å². The van der Waals surface area contributed by atoms with Gasteiger partial charge >= 0.3 is 0 Å². The Balaban J connectivity index is 1.57. The fraction of sp³-hybridized carbons (Fsp3) is 0.211. The van der Waals surface area contributed by atoms with Crippen molar-refractivity contribution in [2.24, 2.45) is 0 Å². The van der Waals surface area contributed by atoms with E-state index in [1.807, 2.05) is 24.3 Å². The van der Waals surface area contributed by atoms with E-state index in [1.54, 1.807) is 12.1 Å². The number of fused-ring (bicyclic) bond motifs is 2. The zero-order chi connectivity index (χ0) is 16.7. The highest BCUT2D eigenvalue weighted by atomic mass is 19.1. The number of nitrogens with one attached hydrogen (secondary N) is 1. The maximum Gasteiger partial charge on any atom is 0.251 e. The SMILES string of the molecule is O=C(N[C@@H]1c2ccccc2C[C@@H]1O)C1=Cc2cc(F)ccc2OC1. The van der Waals surface area contributed by atoms with E-state index in [-0.39, 0.29) is 18.3 Å². The fourth-order valence-electron chi connectivity index (χ4n) is 3.26. The van der Waals surface area contributed by atoms with E-state index < -0.39 is 12.1 Å². The lowest BCUT2D eigenvalue weighted by Crippen LogP contribution is -2.36. The Bertz CT molecular complexity index is 846. The van der Waals surface area contributed by atoms with E-state index >= 15 is 0 Å². The maximum absolute atomic E-state index is 13.3. The molecule has 1 aliphatic carbocycles. The van der Waals surface area contributed by atoms with Crippen LogP contribution in [0.3, 0.4) is 0 Å². The molecule has 0 saturated carbocycles. The summed E-state index contributed by atoms with van der Waals surface area (Å²) in [6.45, 7) is 0.120. The van der Waals surface area contributed by atoms with E-state index in [9.17, 15) is 14.3 Å². The third-order valence-corrected chi connectivity index (χ3v) is 4.47. The molecule has 0 spiro atoms. The van der Waals surface area contributed by atoms with Crippen LogP contribution in [-0.2, 0) is 11.2 Å². The number of aliphatic hydroxyl groups excluding tert-OH is 1. The lowest BCUT2D eigenvalue weighted by Gasteiger charge is -2.21. The highest BCUT2D eigenvalue weighted by molar-refractivity contribution is 5.99. The number of ether oxygens (including phenoxy) is 1. The minimum atomic E-state index is -0.652. The first-order valence-electron chi connectivity index (χ1n) is 7.81. The molecule has 1 amide bonds. The molecular weight excluding hydrogens is 309 g/mol. The number of carbonyl (C=O) groups is 1. The number of hydrogen-bond donors (Lipinski definition) is 2. The number of benzene rings is 2. The van der Waals surface area contributed by atoms with Crippen molar-refractivity contribution in [1.82, 2.24) is 5.32 Å². The molecule has 24 heavy (non-hydrogen) atoms. The molecule has 0 fully saturated rings. The number of hydrogen-bond acceptors (Lipinski definition) is 3. The Kier molecular flexibility index (Phi) is 3.58. The maximum atomic E-state index is 13.3. The molecule has 4 rings (SSSR count). The summed E-state index contributed by atoms with van der Waals surface area (Å²) in [5, 5.41) is 13.1. The molecule has 0 unspecified atom stereocenters. The average molecular weight is 325 g/mol. The lowest BCUT2D eigenvalue weighted by atomic mass is 10.0. The summed E-state index contributed by atoms with van der Waals surface area (Å²) in [5.41, 5.74) is 2.92. The Labute approximate surface area is 138 Å². The Morgan fingerprint density at radius 1 is 1.25 bits per heavy atom. The number of rotatable bonds is 2. The van der Waals surface area contributed by atoms with Crippen molar-refractivity contribution in [3.05, 3.63) is 70.5 Å². The van der Waals surface area contributed by atoms with Crippen LogP contribution < -0.4 is 10.1 Å². The van der Waals surface area contributed by atoms with Crippen molar-refractivity contribution >= 4 is 12.0 Å². The third-order valence-electron chi connectivity index (χ3n) is 4.47. The minimum Gasteiger partial charge on any atom is -0.488 e. The summed E-state index contributed by atoms with van der Waals surface area (Å²) in [4.78, 5) is 12.5. The summed E-state index contributed by atoms with van der Waals surface area (Å²) in [6, 6.07) is 11.4. The van der Waals surface area contributed by atoms with E-state index in [4.69, 9.17) is 4.74 Å². The topological polar surface area (TPSA) is 58.6 Å². The molecule has 0 aromatic heterocycles. The molecular formula is C19H16FNO3. The van der Waals surface area contributed by atoms with Gasteiger partial charge in [0.25, 0.3) is 5.91 Å². The van der Waals surface area contributed by atoms with Crippen LogP contribution in [0.4, 0.5) is 4.39 Å². The van der Waals surface area contributed by atoms with Gasteiger partial charge in [-0.25, -0.2) is 4.39 Å². The zero-order valence-corrected chi connectivity index (χ0v) is 12.8. The molecule has 5 heteroatoms. The second-order valence-electron chi connectivity index (χ2n) is 6.06. The van der Waals surface area contributed by atoms with Gasteiger partial charge in [-0.2, -0.15) is 0 Å². The van der Waals surface area contributed by atoms with E-state index in [2.05, 4.69) is 5.32 Å². The molecule has 0 bridgehead atoms. The smallest absolute Gasteiger partial charge is 0.251 e. The summed E-state index contributed by atoms with van der Waals surface area (Å²) >= 11 is 0. The highest BCUT2D eigenvalue weighted by Crippen LogP contribution is 2.32. The van der Waals surface area contributed by atoms with Crippen LogP contribution in [0.1, 0.15) is 22.7 Å². The highest BCUT2D eigenvalue weighted by Gasteiger charge is 2.32. The van der Waals surface area contributed by atoms with Gasteiger partial charge in [-0.15, -0.1) is 0 Å². The fourth-order valence-corrected chi connectivity index (χ4v) is 3.26. The molecule has 1 aliphatic heterocycles. The summed E-state index contributed by atoms with van der Waals surface area (Å²) < 4.78 is 18.9. The summed E-state index contributed by atoms with van der Waals surface area (Å²) in [6.07, 6.45) is 1.50. The van der Waals surface area contributed by atoms with Gasteiger partial charge in [0, 0.05) is 12.0 Å². The second-order valence-corrected chi connectivity index (χ2v) is 6.06. The summed E-state index contributed by atoms with van der Waals surface area (Å²) in [5.74, 6) is -0.139. The molecule has 122 valence electrons. The van der Waals surface area contributed by atoms with E-state index in [0.717, 1.165) is 11.1 Å². The molecule has 2 N–H and O–H groups in total. The van der Waals surface area contributed by atoms with Gasteiger partial charge in [0.15, 0.2) is 0 Å². The third kappa shape index (κ3) is 2.57. The van der Waals surface area contributed by atoms with Crippen LogP contribution in [0.15, 0.2) is 48.0 Å². The van der Waals surface area contributed by atoms with Crippen molar-refractivity contribution < 1.29 is 19.0 Å². The predicted molar refractivity (Wildman–Crippen MR) is 86.9 cm³/mol. The molecule has 0 radical (unpaired) electrons. The van der Waals surface area contributed by atoms with Crippen molar-refractivity contribution in [2.45, 2.75) is 18.6 Å². The Morgan fingerprint density at radius 2 is 2.08 bits per heavy atom. The second kappa shape index (κ2) is 5.76. The van der Waals surface area contributed by atoms with Gasteiger partial charge in [0.2, 0.25) is 0 Å². The van der Waals surface area contributed by atoms with Gasteiger partial charge in [-0.1, -0.05) is 24.3 Å². The first-order chi connectivity index (χ1) is 11.6. The predicted octanol–water partition coefficient (Wildman–Crippen LogP) is 2.38. The van der Waals surface area contributed by atoms with Crippen LogP contribution >= 0.6 is 0 Å². The van der Waals surface area contributed by atoms with Crippen LogP contribution in [0.25, 0.3) is 6.08 Å². The lowest BCUT2D eigenvalue weighted by molar-refractivity contribution is -0.119. The van der Waals surface area contributed by atoms with Crippen molar-refractivity contribution in [1.29, 1.82) is 0 Å². The average Bonchev–Trinajstić information content (AvgIpc) is 2.90. The van der Waals surface area contributed by atoms with Gasteiger partial charge in [0.05, 0.1) is 17.7 Å². The number of carbonyl (C=O) groups excluding carboxylic acids is 1. The Hall–Kier alpha value is -2.66. The quantitative estimate of drug-likeness (QED) is 0.891. The molecule has 2 aliphatic rings. The molecule has 2 atom stereocenters. The van der Waals surface area contributed by atoms with Crippen LogP contribution in [0.5, 0.6) is 5.75 Å². The summed E-state index contributed by atoms with van der Waals surface area (Å²) in [7, 11) is 0. The zero-order valence-electron chi connectivity index (χ0n) is 12.8. The van der Waals surface area contributed by atoms with Gasteiger partial charge in [-0.3, -0.25) is 4.79 Å². The molecule has 2 aromatic rings. The number of halogens is 1. The first kappa shape index (κ1) is 14.9.